The Balaban J connectivity index is 4.46. The molecule has 0 fully saturated rings. The molecule has 102 valence electrons. The maximum absolute atomic E-state index is 11.9. The summed E-state index contributed by atoms with van der Waals surface area (Å²) in [7, 11) is 0. The molecule has 0 aliphatic heterocycles. The lowest BCUT2D eigenvalue weighted by Gasteiger charge is -2.28. The summed E-state index contributed by atoms with van der Waals surface area (Å²) in [6.07, 6.45) is -4.15. The number of rotatable bonds is 7. The molecule has 0 heterocycles. The molecule has 0 saturated carbocycles. The first-order valence-corrected chi connectivity index (χ1v) is 5.33. The Morgan fingerprint density at radius 2 is 1.82 bits per heavy atom. The lowest BCUT2D eigenvalue weighted by atomic mass is 9.86. The second-order valence-electron chi connectivity index (χ2n) is 3.67. The van der Waals surface area contributed by atoms with Crippen molar-refractivity contribution in [3.05, 3.63) is 0 Å². The average molecular weight is 257 g/mol. The zero-order chi connectivity index (χ0) is 13.5. The van der Waals surface area contributed by atoms with Gasteiger partial charge in [0.15, 0.2) is 0 Å². The summed E-state index contributed by atoms with van der Waals surface area (Å²) in [5.74, 6) is -0.618. The van der Waals surface area contributed by atoms with Gasteiger partial charge in [-0.05, 0) is 13.3 Å². The number of ether oxygens (including phenoxy) is 2. The van der Waals surface area contributed by atoms with Crippen molar-refractivity contribution in [2.75, 3.05) is 26.4 Å². The minimum absolute atomic E-state index is 0.111. The monoisotopic (exact) mass is 257 g/mol. The molecule has 4 nitrogen and oxygen atoms in total. The van der Waals surface area contributed by atoms with Gasteiger partial charge in [-0.25, -0.2) is 0 Å². The van der Waals surface area contributed by atoms with Crippen LogP contribution in [0.2, 0.25) is 0 Å². The first-order chi connectivity index (χ1) is 7.81. The summed E-state index contributed by atoms with van der Waals surface area (Å²) in [5.41, 5.74) is 4.24. The third-order valence-electron chi connectivity index (χ3n) is 2.42. The van der Waals surface area contributed by atoms with E-state index in [-0.39, 0.29) is 19.6 Å². The van der Waals surface area contributed by atoms with Crippen LogP contribution >= 0.6 is 0 Å². The lowest BCUT2D eigenvalue weighted by molar-refractivity contribution is -0.187. The van der Waals surface area contributed by atoms with Gasteiger partial charge in [0.1, 0.15) is 12.0 Å². The second-order valence-corrected chi connectivity index (χ2v) is 3.67. The first-order valence-electron chi connectivity index (χ1n) is 5.33. The topological polar surface area (TPSA) is 61.5 Å². The maximum Gasteiger partial charge on any atom is 0.411 e. The molecule has 0 bridgehead atoms. The number of nitrogens with two attached hydrogens (primary N) is 1. The van der Waals surface area contributed by atoms with E-state index in [0.717, 1.165) is 0 Å². The number of halogens is 3. The number of carbonyl (C=O) groups excluding carboxylic acids is 1. The molecule has 0 amide bonds. The maximum atomic E-state index is 11.9. The van der Waals surface area contributed by atoms with Gasteiger partial charge < -0.3 is 15.2 Å². The Morgan fingerprint density at radius 3 is 2.18 bits per heavy atom. The number of hydrogen-bond donors (Lipinski definition) is 1. The van der Waals surface area contributed by atoms with E-state index in [4.69, 9.17) is 10.5 Å². The van der Waals surface area contributed by atoms with Gasteiger partial charge in [0.2, 0.25) is 0 Å². The van der Waals surface area contributed by atoms with Gasteiger partial charge in [-0.15, -0.1) is 0 Å². The van der Waals surface area contributed by atoms with Crippen LogP contribution in [0.1, 0.15) is 20.3 Å². The molecule has 1 atom stereocenters. The minimum atomic E-state index is -4.41. The number of esters is 1. The van der Waals surface area contributed by atoms with Crippen LogP contribution in [0, 0.1) is 5.41 Å². The van der Waals surface area contributed by atoms with Crippen molar-refractivity contribution in [1.29, 1.82) is 0 Å². The van der Waals surface area contributed by atoms with Crippen molar-refractivity contribution in [3.8, 4) is 0 Å². The average Bonchev–Trinajstić information content (AvgIpc) is 2.23. The molecule has 0 aliphatic carbocycles. The van der Waals surface area contributed by atoms with Crippen LogP contribution in [0.5, 0.6) is 0 Å². The van der Waals surface area contributed by atoms with E-state index in [1.807, 2.05) is 0 Å². The molecular weight excluding hydrogens is 239 g/mol. The van der Waals surface area contributed by atoms with Crippen LogP contribution in [0.3, 0.4) is 0 Å². The van der Waals surface area contributed by atoms with Crippen molar-refractivity contribution < 1.29 is 27.4 Å². The zero-order valence-corrected chi connectivity index (χ0v) is 9.97. The summed E-state index contributed by atoms with van der Waals surface area (Å²) in [4.78, 5) is 11.6. The summed E-state index contributed by atoms with van der Waals surface area (Å²) < 4.78 is 45.0. The van der Waals surface area contributed by atoms with Crippen molar-refractivity contribution in [1.82, 2.24) is 0 Å². The third-order valence-corrected chi connectivity index (χ3v) is 2.42. The zero-order valence-electron chi connectivity index (χ0n) is 9.97. The van der Waals surface area contributed by atoms with Crippen LogP contribution in [-0.2, 0) is 14.3 Å². The van der Waals surface area contributed by atoms with E-state index in [1.54, 1.807) is 13.8 Å². The molecule has 0 spiro atoms. The molecule has 2 N–H and O–H groups in total. The SMILES string of the molecule is CCOC(=O)C(CC)(CN)COCC(F)(F)F. The molecule has 0 aromatic heterocycles. The molecule has 1 unspecified atom stereocenters. The molecular formula is C10H18F3NO3. The number of hydrogen-bond acceptors (Lipinski definition) is 4. The highest BCUT2D eigenvalue weighted by atomic mass is 19.4. The molecule has 0 aromatic rings. The molecule has 0 rings (SSSR count). The molecule has 0 aromatic carbocycles. The Morgan fingerprint density at radius 1 is 1.24 bits per heavy atom. The Kier molecular flexibility index (Phi) is 6.48. The molecule has 17 heavy (non-hydrogen) atoms. The summed E-state index contributed by atoms with van der Waals surface area (Å²) in [6.45, 7) is 1.53. The summed E-state index contributed by atoms with van der Waals surface area (Å²) in [5, 5.41) is 0. The molecule has 7 heteroatoms. The predicted octanol–water partition coefficient (Wildman–Crippen LogP) is 1.48. The Hall–Kier alpha value is -0.820. The molecule has 0 saturated heterocycles. The quantitative estimate of drug-likeness (QED) is 0.702. The Bertz CT molecular complexity index is 239. The van der Waals surface area contributed by atoms with Crippen LogP contribution in [0.25, 0.3) is 0 Å². The van der Waals surface area contributed by atoms with E-state index >= 15 is 0 Å². The van der Waals surface area contributed by atoms with Crippen molar-refractivity contribution in [3.63, 3.8) is 0 Å². The smallest absolute Gasteiger partial charge is 0.411 e. The highest BCUT2D eigenvalue weighted by Crippen LogP contribution is 2.24. The number of alkyl halides is 3. The van der Waals surface area contributed by atoms with Crippen molar-refractivity contribution in [2.45, 2.75) is 26.4 Å². The van der Waals surface area contributed by atoms with Gasteiger partial charge in [0, 0.05) is 6.54 Å². The van der Waals surface area contributed by atoms with Gasteiger partial charge in [-0.3, -0.25) is 4.79 Å². The fourth-order valence-electron chi connectivity index (χ4n) is 1.24. The fourth-order valence-corrected chi connectivity index (χ4v) is 1.24. The van der Waals surface area contributed by atoms with Gasteiger partial charge in [0.25, 0.3) is 0 Å². The third kappa shape index (κ3) is 5.36. The second kappa shape index (κ2) is 6.80. The van der Waals surface area contributed by atoms with E-state index in [9.17, 15) is 18.0 Å². The minimum Gasteiger partial charge on any atom is -0.465 e. The van der Waals surface area contributed by atoms with Gasteiger partial charge in [-0.2, -0.15) is 13.2 Å². The van der Waals surface area contributed by atoms with E-state index in [2.05, 4.69) is 4.74 Å². The number of carbonyl (C=O) groups is 1. The highest BCUT2D eigenvalue weighted by Gasteiger charge is 2.39. The fraction of sp³-hybridized carbons (Fsp3) is 0.900. The van der Waals surface area contributed by atoms with E-state index in [0.29, 0.717) is 0 Å². The predicted molar refractivity (Wildman–Crippen MR) is 55.3 cm³/mol. The van der Waals surface area contributed by atoms with Gasteiger partial charge in [-0.1, -0.05) is 6.92 Å². The summed E-state index contributed by atoms with van der Waals surface area (Å²) >= 11 is 0. The van der Waals surface area contributed by atoms with E-state index in [1.165, 1.54) is 0 Å². The van der Waals surface area contributed by atoms with Crippen LogP contribution in [0.4, 0.5) is 13.2 Å². The normalized spacial score (nSPS) is 15.4. The standard InChI is InChI=1S/C10H18F3NO3/c1-3-9(5-14,8(15)17-4-2)6-16-7-10(11,12)13/h3-7,14H2,1-2H3. The highest BCUT2D eigenvalue weighted by molar-refractivity contribution is 5.77. The lowest BCUT2D eigenvalue weighted by Crippen LogP contribution is -2.44. The summed E-state index contributed by atoms with van der Waals surface area (Å²) in [6, 6.07) is 0. The molecule has 0 aliphatic rings. The van der Waals surface area contributed by atoms with Crippen LogP contribution in [0.15, 0.2) is 0 Å². The van der Waals surface area contributed by atoms with Crippen molar-refractivity contribution >= 4 is 5.97 Å². The van der Waals surface area contributed by atoms with Crippen LogP contribution in [-0.4, -0.2) is 38.5 Å². The Labute approximate surface area is 98.2 Å². The van der Waals surface area contributed by atoms with Crippen LogP contribution < -0.4 is 5.73 Å². The van der Waals surface area contributed by atoms with Gasteiger partial charge in [0.05, 0.1) is 13.2 Å². The van der Waals surface area contributed by atoms with Gasteiger partial charge >= 0.3 is 12.1 Å². The first kappa shape index (κ1) is 16.2. The largest absolute Gasteiger partial charge is 0.465 e. The molecule has 0 radical (unpaired) electrons. The van der Waals surface area contributed by atoms with Crippen molar-refractivity contribution in [2.24, 2.45) is 11.1 Å². The van der Waals surface area contributed by atoms with E-state index < -0.39 is 30.8 Å².